The van der Waals surface area contributed by atoms with E-state index in [4.69, 9.17) is 0 Å². The Balaban J connectivity index is 1.98. The monoisotopic (exact) mass is 265 g/mol. The first-order chi connectivity index (χ1) is 9.65. The van der Waals surface area contributed by atoms with Crippen LogP contribution in [0, 0.1) is 0 Å². The predicted molar refractivity (Wildman–Crippen MR) is 80.6 cm³/mol. The molecule has 2 aromatic rings. The zero-order chi connectivity index (χ0) is 14.4. The lowest BCUT2D eigenvalue weighted by molar-refractivity contribution is -0.111. The smallest absolute Gasteiger partial charge is 0.248 e. The summed E-state index contributed by atoms with van der Waals surface area (Å²) in [5, 5.41) is 2.74. The van der Waals surface area contributed by atoms with Crippen molar-refractivity contribution >= 4 is 23.5 Å². The minimum Gasteiger partial charge on any atom is -0.323 e. The van der Waals surface area contributed by atoms with Gasteiger partial charge in [0.05, 0.1) is 0 Å². The number of hydrogen-bond donors (Lipinski definition) is 1. The number of carbonyl (C=O) groups excluding carboxylic acids is 2. The first-order valence-electron chi connectivity index (χ1n) is 6.30. The molecule has 0 radical (unpaired) electrons. The molecule has 0 heterocycles. The second kappa shape index (κ2) is 6.48. The van der Waals surface area contributed by atoms with Crippen LogP contribution in [0.5, 0.6) is 0 Å². The summed E-state index contributed by atoms with van der Waals surface area (Å²) in [6.07, 6.45) is 3.23. The fourth-order valence-electron chi connectivity index (χ4n) is 1.71. The van der Waals surface area contributed by atoms with Gasteiger partial charge < -0.3 is 5.32 Å². The van der Waals surface area contributed by atoms with Crippen LogP contribution in [0.25, 0.3) is 6.08 Å². The second-order valence-corrected chi connectivity index (χ2v) is 4.37. The second-order valence-electron chi connectivity index (χ2n) is 4.37. The van der Waals surface area contributed by atoms with Crippen molar-refractivity contribution in [1.29, 1.82) is 0 Å². The number of nitrogens with one attached hydrogen (secondary N) is 1. The van der Waals surface area contributed by atoms with E-state index in [1.54, 1.807) is 30.3 Å². The van der Waals surface area contributed by atoms with Gasteiger partial charge in [-0.1, -0.05) is 30.3 Å². The molecular weight excluding hydrogens is 250 g/mol. The van der Waals surface area contributed by atoms with E-state index in [-0.39, 0.29) is 11.7 Å². The lowest BCUT2D eigenvalue weighted by atomic mass is 10.1. The summed E-state index contributed by atoms with van der Waals surface area (Å²) in [5.74, 6) is -0.198. The van der Waals surface area contributed by atoms with Gasteiger partial charge in [-0.15, -0.1) is 0 Å². The van der Waals surface area contributed by atoms with Crippen LogP contribution in [-0.2, 0) is 4.79 Å². The Morgan fingerprint density at radius 1 is 0.950 bits per heavy atom. The average molecular weight is 265 g/mol. The molecule has 0 aliphatic carbocycles. The molecule has 3 nitrogen and oxygen atoms in total. The van der Waals surface area contributed by atoms with Gasteiger partial charge in [-0.25, -0.2) is 0 Å². The Hall–Kier alpha value is -2.68. The van der Waals surface area contributed by atoms with Crippen molar-refractivity contribution in [2.75, 3.05) is 5.32 Å². The highest BCUT2D eigenvalue weighted by Crippen LogP contribution is 2.10. The molecule has 0 aliphatic heterocycles. The fourth-order valence-corrected chi connectivity index (χ4v) is 1.71. The maximum Gasteiger partial charge on any atom is 0.248 e. The third kappa shape index (κ3) is 3.92. The largest absolute Gasteiger partial charge is 0.323 e. The molecule has 0 aliphatic rings. The molecule has 0 saturated carbocycles. The normalized spacial score (nSPS) is 10.4. The van der Waals surface area contributed by atoms with E-state index in [1.165, 1.54) is 13.0 Å². The maximum absolute atomic E-state index is 11.7. The molecule has 2 rings (SSSR count). The van der Waals surface area contributed by atoms with E-state index >= 15 is 0 Å². The lowest BCUT2D eigenvalue weighted by Gasteiger charge is -2.02. The zero-order valence-electron chi connectivity index (χ0n) is 11.2. The van der Waals surface area contributed by atoms with E-state index < -0.39 is 0 Å². The Morgan fingerprint density at radius 2 is 1.60 bits per heavy atom. The van der Waals surface area contributed by atoms with Crippen LogP contribution in [0.3, 0.4) is 0 Å². The standard InChI is InChI=1S/C17H15NO2/c1-13(19)15-8-10-16(11-9-15)18-17(20)12-7-14-5-3-2-4-6-14/h2-12H,1H3,(H,18,20)/b12-7-. The van der Waals surface area contributed by atoms with Gasteiger partial charge in [0.15, 0.2) is 5.78 Å². The van der Waals surface area contributed by atoms with Gasteiger partial charge in [0.2, 0.25) is 5.91 Å². The molecule has 0 unspecified atom stereocenters. The summed E-state index contributed by atoms with van der Waals surface area (Å²) in [6.45, 7) is 1.51. The molecule has 0 bridgehead atoms. The summed E-state index contributed by atoms with van der Waals surface area (Å²) < 4.78 is 0. The molecule has 1 amide bonds. The van der Waals surface area contributed by atoms with Gasteiger partial charge in [-0.3, -0.25) is 9.59 Å². The lowest BCUT2D eigenvalue weighted by Crippen LogP contribution is -2.07. The molecule has 0 aromatic heterocycles. The van der Waals surface area contributed by atoms with E-state index in [0.717, 1.165) is 5.56 Å². The average Bonchev–Trinajstić information content (AvgIpc) is 2.47. The number of rotatable bonds is 4. The van der Waals surface area contributed by atoms with Crippen LogP contribution in [-0.4, -0.2) is 11.7 Å². The van der Waals surface area contributed by atoms with Gasteiger partial charge in [0.25, 0.3) is 0 Å². The summed E-state index contributed by atoms with van der Waals surface area (Å²) in [7, 11) is 0. The SMILES string of the molecule is CC(=O)c1ccc(NC(=O)/C=C\c2ccccc2)cc1. The van der Waals surface area contributed by atoms with Crippen molar-refractivity contribution < 1.29 is 9.59 Å². The number of Topliss-reactive ketones (excluding diaryl/α,β-unsaturated/α-hetero) is 1. The number of hydrogen-bond acceptors (Lipinski definition) is 2. The first-order valence-corrected chi connectivity index (χ1v) is 6.30. The van der Waals surface area contributed by atoms with Crippen LogP contribution in [0.2, 0.25) is 0 Å². The molecule has 20 heavy (non-hydrogen) atoms. The van der Waals surface area contributed by atoms with Crippen molar-refractivity contribution in [2.45, 2.75) is 6.92 Å². The Labute approximate surface area is 117 Å². The van der Waals surface area contributed by atoms with E-state index in [2.05, 4.69) is 5.32 Å². The zero-order valence-corrected chi connectivity index (χ0v) is 11.2. The van der Waals surface area contributed by atoms with Crippen LogP contribution < -0.4 is 5.32 Å². The number of amides is 1. The number of anilines is 1. The summed E-state index contributed by atoms with van der Waals surface area (Å²) in [5.41, 5.74) is 2.26. The number of benzene rings is 2. The summed E-state index contributed by atoms with van der Waals surface area (Å²) in [4.78, 5) is 22.9. The topological polar surface area (TPSA) is 46.2 Å². The van der Waals surface area contributed by atoms with Crippen molar-refractivity contribution in [1.82, 2.24) is 0 Å². The third-order valence-corrected chi connectivity index (χ3v) is 2.79. The van der Waals surface area contributed by atoms with Crippen LogP contribution in [0.1, 0.15) is 22.8 Å². The Bertz CT molecular complexity index is 628. The van der Waals surface area contributed by atoms with Gasteiger partial charge in [0.1, 0.15) is 0 Å². The molecule has 3 heteroatoms. The Kier molecular flexibility index (Phi) is 4.45. The highest BCUT2D eigenvalue weighted by Gasteiger charge is 2.00. The number of ketones is 1. The highest BCUT2D eigenvalue weighted by atomic mass is 16.1. The van der Waals surface area contributed by atoms with Crippen molar-refractivity contribution in [3.05, 3.63) is 71.8 Å². The van der Waals surface area contributed by atoms with Gasteiger partial charge in [-0.05, 0) is 42.8 Å². The molecule has 2 aromatic carbocycles. The fraction of sp³-hybridized carbons (Fsp3) is 0.0588. The minimum atomic E-state index is -0.204. The maximum atomic E-state index is 11.7. The summed E-state index contributed by atoms with van der Waals surface area (Å²) in [6, 6.07) is 16.4. The quantitative estimate of drug-likeness (QED) is 0.679. The molecule has 100 valence electrons. The van der Waals surface area contributed by atoms with Crippen LogP contribution in [0.15, 0.2) is 60.7 Å². The predicted octanol–water partition coefficient (Wildman–Crippen LogP) is 3.54. The van der Waals surface area contributed by atoms with Gasteiger partial charge in [0, 0.05) is 17.3 Å². The molecule has 0 fully saturated rings. The third-order valence-electron chi connectivity index (χ3n) is 2.79. The van der Waals surface area contributed by atoms with E-state index in [0.29, 0.717) is 11.3 Å². The van der Waals surface area contributed by atoms with E-state index in [9.17, 15) is 9.59 Å². The summed E-state index contributed by atoms with van der Waals surface area (Å²) >= 11 is 0. The molecule has 1 N–H and O–H groups in total. The first kappa shape index (κ1) is 13.7. The van der Waals surface area contributed by atoms with Crippen molar-refractivity contribution in [2.24, 2.45) is 0 Å². The van der Waals surface area contributed by atoms with Crippen LogP contribution >= 0.6 is 0 Å². The highest BCUT2D eigenvalue weighted by molar-refractivity contribution is 6.02. The number of carbonyl (C=O) groups is 2. The van der Waals surface area contributed by atoms with Crippen molar-refractivity contribution in [3.63, 3.8) is 0 Å². The Morgan fingerprint density at radius 3 is 2.20 bits per heavy atom. The molecule has 0 spiro atoms. The van der Waals surface area contributed by atoms with Crippen LogP contribution in [0.4, 0.5) is 5.69 Å². The van der Waals surface area contributed by atoms with Crippen molar-refractivity contribution in [3.8, 4) is 0 Å². The minimum absolute atomic E-state index is 0.00634. The molecular formula is C17H15NO2. The van der Waals surface area contributed by atoms with Gasteiger partial charge >= 0.3 is 0 Å². The van der Waals surface area contributed by atoms with Gasteiger partial charge in [-0.2, -0.15) is 0 Å². The van der Waals surface area contributed by atoms with E-state index in [1.807, 2.05) is 30.3 Å². The molecule has 0 atom stereocenters. The molecule has 0 saturated heterocycles.